The number of rotatable bonds is 5. The molecule has 2 N–H and O–H groups in total. The Bertz CT molecular complexity index is 1530. The Kier molecular flexibility index (Phi) is 7.78. The average molecular weight is 506 g/mol. The lowest BCUT2D eigenvalue weighted by Gasteiger charge is -2.12. The largest absolute Gasteiger partial charge is 0.457 e. The fraction of sp³-hybridized carbons (Fsp3) is 0.111. The van der Waals surface area contributed by atoms with E-state index in [9.17, 15) is 22.8 Å². The molecule has 10 heteroatoms. The van der Waals surface area contributed by atoms with Crippen LogP contribution in [0, 0.1) is 11.3 Å². The smallest absolute Gasteiger partial charge is 0.417 e. The molecule has 0 aliphatic heterocycles. The quantitative estimate of drug-likeness (QED) is 0.311. The van der Waals surface area contributed by atoms with Gasteiger partial charge in [-0.05, 0) is 59.3 Å². The van der Waals surface area contributed by atoms with E-state index < -0.39 is 23.2 Å². The predicted molar refractivity (Wildman–Crippen MR) is 133 cm³/mol. The Labute approximate surface area is 210 Å². The number of nitrogens with one attached hydrogen (secondary N) is 2. The zero-order chi connectivity index (χ0) is 25.9. The fourth-order valence-corrected chi connectivity index (χ4v) is 3.45. The van der Waals surface area contributed by atoms with Gasteiger partial charge in [-0.25, -0.2) is 4.98 Å². The van der Waals surface area contributed by atoms with Crippen LogP contribution >= 0.6 is 0 Å². The van der Waals surface area contributed by atoms with Gasteiger partial charge in [0, 0.05) is 30.4 Å². The molecular weight excluding hydrogens is 485 g/mol. The molecule has 0 spiro atoms. The van der Waals surface area contributed by atoms with E-state index >= 15 is 0 Å². The van der Waals surface area contributed by atoms with Gasteiger partial charge in [-0.3, -0.25) is 9.59 Å². The van der Waals surface area contributed by atoms with Crippen molar-refractivity contribution < 1.29 is 27.5 Å². The van der Waals surface area contributed by atoms with E-state index in [4.69, 9.17) is 10.00 Å². The normalized spacial score (nSPS) is 10.7. The maximum atomic E-state index is 13.2. The Balaban J connectivity index is 0.00000380. The van der Waals surface area contributed by atoms with Crippen molar-refractivity contribution in [1.29, 1.82) is 5.26 Å². The van der Waals surface area contributed by atoms with Crippen LogP contribution < -0.4 is 15.4 Å². The molecule has 0 saturated heterocycles. The minimum Gasteiger partial charge on any atom is -0.457 e. The lowest BCUT2D eigenvalue weighted by Crippen LogP contribution is -2.14. The number of anilines is 2. The van der Waals surface area contributed by atoms with Crippen molar-refractivity contribution in [3.05, 3.63) is 89.6 Å². The summed E-state index contributed by atoms with van der Waals surface area (Å²) in [6.07, 6.45) is -3.25. The van der Waals surface area contributed by atoms with E-state index in [1.807, 2.05) is 0 Å². The van der Waals surface area contributed by atoms with E-state index in [-0.39, 0.29) is 24.6 Å². The third kappa shape index (κ3) is 6.41. The highest BCUT2D eigenvalue weighted by molar-refractivity contribution is 6.06. The zero-order valence-electron chi connectivity index (χ0n) is 18.7. The minimum atomic E-state index is -4.73. The molecule has 3 aromatic carbocycles. The number of pyridine rings is 1. The predicted octanol–water partition coefficient (Wildman–Crippen LogP) is 6.76. The highest BCUT2D eigenvalue weighted by atomic mass is 19.4. The molecule has 2 amide bonds. The first kappa shape index (κ1) is 26.7. The summed E-state index contributed by atoms with van der Waals surface area (Å²) in [5, 5.41) is 15.4. The summed E-state index contributed by atoms with van der Waals surface area (Å²) in [6.45, 7) is 1.36. The summed E-state index contributed by atoms with van der Waals surface area (Å²) in [5.74, 6) is 0.336. The second kappa shape index (κ2) is 10.8. The van der Waals surface area contributed by atoms with Crippen LogP contribution in [0.1, 0.15) is 35.8 Å². The molecule has 1 heterocycles. The number of amides is 2. The zero-order valence-corrected chi connectivity index (χ0v) is 18.7. The summed E-state index contributed by atoms with van der Waals surface area (Å²) in [5.41, 5.74) is -1.52. The molecule has 0 aliphatic rings. The van der Waals surface area contributed by atoms with Crippen molar-refractivity contribution in [2.24, 2.45) is 0 Å². The third-order valence-corrected chi connectivity index (χ3v) is 5.05. The van der Waals surface area contributed by atoms with E-state index in [0.717, 1.165) is 17.5 Å². The Hall–Kier alpha value is -4.91. The van der Waals surface area contributed by atoms with Crippen LogP contribution in [0.25, 0.3) is 10.8 Å². The van der Waals surface area contributed by atoms with Crippen molar-refractivity contribution in [2.75, 3.05) is 10.6 Å². The number of carbonyl (C=O) groups is 2. The highest BCUT2D eigenvalue weighted by Crippen LogP contribution is 2.34. The minimum absolute atomic E-state index is 0. The molecule has 0 saturated carbocycles. The van der Waals surface area contributed by atoms with Crippen molar-refractivity contribution in [3.8, 4) is 17.6 Å². The molecule has 0 aliphatic carbocycles. The van der Waals surface area contributed by atoms with Gasteiger partial charge in [-0.2, -0.15) is 18.4 Å². The van der Waals surface area contributed by atoms with Gasteiger partial charge in [0.2, 0.25) is 5.91 Å². The number of hydrogen-bond donors (Lipinski definition) is 2. The van der Waals surface area contributed by atoms with Crippen molar-refractivity contribution in [3.63, 3.8) is 0 Å². The number of ether oxygens (including phenoxy) is 1. The Morgan fingerprint density at radius 2 is 1.65 bits per heavy atom. The second-order valence-corrected chi connectivity index (χ2v) is 7.71. The maximum absolute atomic E-state index is 13.2. The highest BCUT2D eigenvalue weighted by Gasteiger charge is 2.34. The van der Waals surface area contributed by atoms with Gasteiger partial charge in [0.05, 0.1) is 17.2 Å². The Morgan fingerprint density at radius 3 is 2.35 bits per heavy atom. The van der Waals surface area contributed by atoms with Gasteiger partial charge in [0.25, 0.3) is 5.91 Å². The van der Waals surface area contributed by atoms with Gasteiger partial charge in [-0.15, -0.1) is 0 Å². The topological polar surface area (TPSA) is 104 Å². The molecule has 37 heavy (non-hydrogen) atoms. The molecule has 0 radical (unpaired) electrons. The number of fused-ring (bicyclic) bond motifs is 1. The summed E-state index contributed by atoms with van der Waals surface area (Å²) in [6, 6.07) is 17.7. The van der Waals surface area contributed by atoms with Gasteiger partial charge < -0.3 is 15.4 Å². The van der Waals surface area contributed by atoms with E-state index in [1.54, 1.807) is 48.5 Å². The lowest BCUT2D eigenvalue weighted by molar-refractivity contribution is -0.137. The molecule has 188 valence electrons. The SMILES string of the molecule is C.CC(=O)Nc1cc(Oc2ccc3ccc(C(=O)Nc4ccc(C#N)c(C(F)(F)F)c4)cc3c2)ccn1. The molecule has 1 aromatic heterocycles. The first-order chi connectivity index (χ1) is 17.1. The molecule has 0 bridgehead atoms. The number of hydrogen-bond acceptors (Lipinski definition) is 5. The van der Waals surface area contributed by atoms with E-state index in [2.05, 4.69) is 15.6 Å². The van der Waals surface area contributed by atoms with Crippen LogP contribution in [-0.4, -0.2) is 16.8 Å². The number of nitrogens with zero attached hydrogens (tertiary/aromatic N) is 2. The summed E-state index contributed by atoms with van der Waals surface area (Å²) in [4.78, 5) is 28.0. The molecule has 4 rings (SSSR count). The number of carbonyl (C=O) groups excluding carboxylic acids is 2. The molecule has 4 aromatic rings. The molecular formula is C27H21F3N4O3. The van der Waals surface area contributed by atoms with Gasteiger partial charge in [0.1, 0.15) is 17.3 Å². The number of alkyl halides is 3. The monoisotopic (exact) mass is 506 g/mol. The summed E-state index contributed by atoms with van der Waals surface area (Å²) in [7, 11) is 0. The molecule has 7 nitrogen and oxygen atoms in total. The van der Waals surface area contributed by atoms with Crippen LogP contribution in [0.2, 0.25) is 0 Å². The van der Waals surface area contributed by atoms with Gasteiger partial charge in [0.15, 0.2) is 0 Å². The number of aromatic nitrogens is 1. The van der Waals surface area contributed by atoms with Crippen LogP contribution in [0.5, 0.6) is 11.5 Å². The van der Waals surface area contributed by atoms with Gasteiger partial charge in [-0.1, -0.05) is 19.6 Å². The van der Waals surface area contributed by atoms with Crippen molar-refractivity contribution in [2.45, 2.75) is 20.5 Å². The summed E-state index contributed by atoms with van der Waals surface area (Å²) >= 11 is 0. The third-order valence-electron chi connectivity index (χ3n) is 5.05. The van der Waals surface area contributed by atoms with E-state index in [0.29, 0.717) is 22.7 Å². The molecule has 0 fully saturated rings. The summed E-state index contributed by atoms with van der Waals surface area (Å²) < 4.78 is 45.5. The van der Waals surface area contributed by atoms with Gasteiger partial charge >= 0.3 is 6.18 Å². The number of benzene rings is 3. The van der Waals surface area contributed by atoms with Crippen molar-refractivity contribution >= 4 is 34.1 Å². The van der Waals surface area contributed by atoms with Crippen molar-refractivity contribution in [1.82, 2.24) is 4.98 Å². The van der Waals surface area contributed by atoms with E-state index in [1.165, 1.54) is 25.3 Å². The standard InChI is InChI=1S/C26H17F3N4O3.CH4/c1-15(34)32-24-13-22(8-9-31-24)36-21-7-5-16-2-3-17(10-19(16)11-21)25(35)33-20-6-4-18(14-30)23(12-20)26(27,28)29;/h2-13H,1H3,(H,33,35)(H,31,32,34);1H4. The van der Waals surface area contributed by atoms with Crippen LogP contribution in [-0.2, 0) is 11.0 Å². The van der Waals surface area contributed by atoms with Crippen LogP contribution in [0.4, 0.5) is 24.7 Å². The number of nitriles is 1. The lowest BCUT2D eigenvalue weighted by atomic mass is 10.1. The fourth-order valence-electron chi connectivity index (χ4n) is 3.45. The first-order valence-electron chi connectivity index (χ1n) is 10.5. The molecule has 0 atom stereocenters. The Morgan fingerprint density at radius 1 is 0.919 bits per heavy atom. The first-order valence-corrected chi connectivity index (χ1v) is 10.5. The second-order valence-electron chi connectivity index (χ2n) is 7.71. The molecule has 0 unspecified atom stereocenters. The van der Waals surface area contributed by atoms with Crippen LogP contribution in [0.15, 0.2) is 72.9 Å². The number of halogens is 3. The van der Waals surface area contributed by atoms with Crippen LogP contribution in [0.3, 0.4) is 0 Å². The maximum Gasteiger partial charge on any atom is 0.417 e. The average Bonchev–Trinajstić information content (AvgIpc) is 2.83.